The number of aromatic nitrogens is 1. The number of hydrogen-bond acceptors (Lipinski definition) is 3. The Hall–Kier alpha value is -2.85. The van der Waals surface area contributed by atoms with Crippen molar-refractivity contribution in [1.29, 1.82) is 0 Å². The van der Waals surface area contributed by atoms with Crippen LogP contribution in [0.2, 0.25) is 12.6 Å². The van der Waals surface area contributed by atoms with E-state index in [2.05, 4.69) is 120 Å². The molecule has 0 amide bonds. The molecule has 3 nitrogen and oxygen atoms in total. The van der Waals surface area contributed by atoms with Gasteiger partial charge in [-0.2, -0.15) is 0 Å². The normalized spacial score (nSPS) is 13.2. The standard InChI is InChI=1S/C30H34NSi.C13H24O2.Ir/c1-22(2)21-32(6,25-13-8-7-9-14-25)26-16-17-31-29(20-26)24-18-23-12-10-11-15-27(23)28(19-24)30(3,4)5;1-5-10(6-2)12(14)9-13(15)11(7-3)8-4;/h7-17,19-20,22H,21H2,1-6H3;9-11,14H,5-8H2,1-4H3;/q-1;;/b;12-9-;. The summed E-state index contributed by atoms with van der Waals surface area (Å²) in [5, 5.41) is 15.1. The third-order valence-electron chi connectivity index (χ3n) is 9.57. The van der Waals surface area contributed by atoms with Crippen LogP contribution in [-0.4, -0.2) is 23.9 Å². The quantitative estimate of drug-likeness (QED) is 0.0669. The zero-order valence-electron chi connectivity index (χ0n) is 31.0. The van der Waals surface area contributed by atoms with Gasteiger partial charge in [0.2, 0.25) is 0 Å². The molecule has 0 aliphatic heterocycles. The summed E-state index contributed by atoms with van der Waals surface area (Å²) < 4.78 is 0. The van der Waals surface area contributed by atoms with Crippen LogP contribution in [0.4, 0.5) is 0 Å². The molecule has 0 aliphatic carbocycles. The van der Waals surface area contributed by atoms with Gasteiger partial charge in [-0.15, -0.1) is 29.1 Å². The number of aliphatic hydroxyl groups is 1. The van der Waals surface area contributed by atoms with Crippen molar-refractivity contribution in [2.24, 2.45) is 17.8 Å². The first-order valence-corrected chi connectivity index (χ1v) is 20.4. The Kier molecular flexibility index (Phi) is 16.2. The van der Waals surface area contributed by atoms with Gasteiger partial charge in [0.15, 0.2) is 5.78 Å². The third kappa shape index (κ3) is 10.6. The number of pyridine rings is 1. The minimum atomic E-state index is -1.89. The molecule has 4 rings (SSSR count). The second kappa shape index (κ2) is 18.8. The number of carbonyl (C=O) groups excluding carboxylic acids is 1. The summed E-state index contributed by atoms with van der Waals surface area (Å²) in [4.78, 5) is 16.5. The van der Waals surface area contributed by atoms with E-state index in [1.807, 2.05) is 33.9 Å². The second-order valence-corrected chi connectivity index (χ2v) is 18.8. The minimum Gasteiger partial charge on any atom is -0.512 e. The maximum Gasteiger partial charge on any atom is 0.162 e. The Labute approximate surface area is 306 Å². The van der Waals surface area contributed by atoms with Gasteiger partial charge in [-0.1, -0.05) is 145 Å². The molecular formula is C43H58IrNO2Si-. The summed E-state index contributed by atoms with van der Waals surface area (Å²) in [6.07, 6.45) is 6.91. The molecule has 1 unspecified atom stereocenters. The molecule has 0 fully saturated rings. The molecule has 5 heteroatoms. The van der Waals surface area contributed by atoms with Crippen molar-refractivity contribution >= 4 is 35.0 Å². The van der Waals surface area contributed by atoms with Crippen LogP contribution in [0.5, 0.6) is 0 Å². The third-order valence-corrected chi connectivity index (χ3v) is 14.4. The van der Waals surface area contributed by atoms with Crippen LogP contribution in [0, 0.1) is 23.8 Å². The van der Waals surface area contributed by atoms with E-state index in [0.29, 0.717) is 5.92 Å². The molecule has 1 aromatic heterocycles. The number of carbonyl (C=O) groups is 1. The fourth-order valence-electron chi connectivity index (χ4n) is 6.71. The Balaban J connectivity index is 0.000000427. The van der Waals surface area contributed by atoms with Crippen LogP contribution in [0.15, 0.2) is 90.8 Å². The monoisotopic (exact) mass is 841 g/mol. The van der Waals surface area contributed by atoms with Gasteiger partial charge in [0, 0.05) is 49.9 Å². The molecule has 48 heavy (non-hydrogen) atoms. The molecule has 0 aliphatic rings. The summed E-state index contributed by atoms with van der Waals surface area (Å²) >= 11 is 0. The number of fused-ring (bicyclic) bond motifs is 1. The van der Waals surface area contributed by atoms with Crippen LogP contribution in [0.3, 0.4) is 0 Å². The SMILES string of the molecule is CC(C)C[Si](C)(c1ccccc1)c1ccnc(-c2[c-]c3ccccc3c(C(C)(C)C)c2)c1.CCC(CC)C(=O)/C=C(\O)C(CC)CC.[Ir]. The predicted octanol–water partition coefficient (Wildman–Crippen LogP) is 10.7. The number of aliphatic hydroxyl groups excluding tert-OH is 1. The summed E-state index contributed by atoms with van der Waals surface area (Å²) in [5.41, 5.74) is 3.51. The fourth-order valence-corrected chi connectivity index (χ4v) is 11.0. The summed E-state index contributed by atoms with van der Waals surface area (Å²) in [7, 11) is -1.89. The first-order chi connectivity index (χ1) is 22.3. The van der Waals surface area contributed by atoms with Gasteiger partial charge >= 0.3 is 0 Å². The maximum atomic E-state index is 11.7. The molecule has 0 bridgehead atoms. The van der Waals surface area contributed by atoms with E-state index in [0.717, 1.165) is 42.3 Å². The molecule has 0 saturated carbocycles. The number of hydrogen-bond donors (Lipinski definition) is 1. The van der Waals surface area contributed by atoms with Crippen LogP contribution >= 0.6 is 0 Å². The van der Waals surface area contributed by atoms with Crippen molar-refractivity contribution in [3.63, 3.8) is 0 Å². The first-order valence-electron chi connectivity index (χ1n) is 17.7. The Morgan fingerprint density at radius 1 is 0.854 bits per heavy atom. The fraction of sp³-hybridized carbons (Fsp3) is 0.442. The zero-order chi connectivity index (χ0) is 34.8. The van der Waals surface area contributed by atoms with Crippen LogP contribution < -0.4 is 10.4 Å². The molecule has 3 aromatic carbocycles. The van der Waals surface area contributed by atoms with Gasteiger partial charge in [-0.25, -0.2) is 0 Å². The van der Waals surface area contributed by atoms with Crippen molar-refractivity contribution in [2.75, 3.05) is 0 Å². The Morgan fingerprint density at radius 3 is 2.00 bits per heavy atom. The van der Waals surface area contributed by atoms with E-state index in [1.54, 1.807) is 0 Å². The molecule has 1 heterocycles. The topological polar surface area (TPSA) is 50.2 Å². The van der Waals surface area contributed by atoms with Gasteiger partial charge in [0.25, 0.3) is 0 Å². The average Bonchev–Trinajstić information content (AvgIpc) is 3.05. The Morgan fingerprint density at radius 2 is 1.44 bits per heavy atom. The van der Waals surface area contributed by atoms with Crippen LogP contribution in [-0.2, 0) is 30.3 Å². The number of rotatable bonds is 12. The number of ketones is 1. The van der Waals surface area contributed by atoms with Gasteiger partial charge in [0.05, 0.1) is 5.76 Å². The van der Waals surface area contributed by atoms with Gasteiger partial charge in [-0.3, -0.25) is 9.78 Å². The molecular weight excluding hydrogens is 783 g/mol. The van der Waals surface area contributed by atoms with E-state index >= 15 is 0 Å². The van der Waals surface area contributed by atoms with Crippen LogP contribution in [0.25, 0.3) is 22.0 Å². The molecule has 0 spiro atoms. The van der Waals surface area contributed by atoms with Crippen molar-refractivity contribution in [1.82, 2.24) is 4.98 Å². The summed E-state index contributed by atoms with van der Waals surface area (Å²) in [6.45, 7) is 22.1. The predicted molar refractivity (Wildman–Crippen MR) is 206 cm³/mol. The average molecular weight is 841 g/mol. The molecule has 1 radical (unpaired) electrons. The smallest absolute Gasteiger partial charge is 0.162 e. The molecule has 4 aromatic rings. The minimum absolute atomic E-state index is 0. The second-order valence-electron chi connectivity index (χ2n) is 14.6. The molecule has 261 valence electrons. The van der Waals surface area contributed by atoms with Gasteiger partial charge < -0.3 is 5.11 Å². The maximum absolute atomic E-state index is 11.7. The van der Waals surface area contributed by atoms with E-state index in [9.17, 15) is 9.90 Å². The molecule has 0 saturated heterocycles. The van der Waals surface area contributed by atoms with Crippen molar-refractivity contribution in [3.05, 3.63) is 102 Å². The van der Waals surface area contributed by atoms with Gasteiger partial charge in [-0.05, 0) is 49.1 Å². The summed E-state index contributed by atoms with van der Waals surface area (Å²) in [5.74, 6) is 1.19. The molecule has 1 N–H and O–H groups in total. The zero-order valence-corrected chi connectivity index (χ0v) is 34.4. The van der Waals surface area contributed by atoms with E-state index in [1.165, 1.54) is 33.4 Å². The van der Waals surface area contributed by atoms with Crippen molar-refractivity contribution in [3.8, 4) is 11.3 Å². The Bertz CT molecular complexity index is 1620. The summed E-state index contributed by atoms with van der Waals surface area (Å²) in [6, 6.07) is 31.5. The first kappa shape index (κ1) is 41.3. The number of benzene rings is 3. The van der Waals surface area contributed by atoms with E-state index < -0.39 is 8.07 Å². The van der Waals surface area contributed by atoms with Gasteiger partial charge in [0.1, 0.15) is 8.07 Å². The van der Waals surface area contributed by atoms with Crippen molar-refractivity contribution in [2.45, 2.75) is 106 Å². The van der Waals surface area contributed by atoms with Crippen LogP contribution in [0.1, 0.15) is 93.6 Å². The van der Waals surface area contributed by atoms with Crippen molar-refractivity contribution < 1.29 is 30.0 Å². The van der Waals surface area contributed by atoms with E-state index in [-0.39, 0.29) is 48.9 Å². The molecule has 1 atom stereocenters. The largest absolute Gasteiger partial charge is 0.512 e. The van der Waals surface area contributed by atoms with E-state index in [4.69, 9.17) is 4.98 Å². The number of nitrogens with zero attached hydrogens (tertiary/aromatic N) is 1. The number of allylic oxidation sites excluding steroid dienone is 2.